The highest BCUT2D eigenvalue weighted by Crippen LogP contribution is 2.32. The van der Waals surface area contributed by atoms with Crippen LogP contribution in [-0.4, -0.2) is 69.8 Å². The van der Waals surface area contributed by atoms with Crippen molar-refractivity contribution in [2.24, 2.45) is 0 Å². The number of likely N-dealkylation sites (tertiary alicyclic amines) is 2. The molecule has 4 aromatic rings. The Hall–Kier alpha value is -3.94. The first kappa shape index (κ1) is 37.3. The van der Waals surface area contributed by atoms with Gasteiger partial charge in [-0.15, -0.1) is 0 Å². The summed E-state index contributed by atoms with van der Waals surface area (Å²) < 4.78 is 0. The predicted molar refractivity (Wildman–Crippen MR) is 201 cm³/mol. The third-order valence-corrected chi connectivity index (χ3v) is 10.8. The van der Waals surface area contributed by atoms with Crippen molar-refractivity contribution in [3.63, 3.8) is 0 Å². The molecule has 0 aliphatic carbocycles. The van der Waals surface area contributed by atoms with Crippen molar-refractivity contribution in [2.45, 2.75) is 101 Å². The molecule has 6 atom stereocenters. The van der Waals surface area contributed by atoms with E-state index in [0.29, 0.717) is 24.9 Å². The van der Waals surface area contributed by atoms with Gasteiger partial charge in [0.25, 0.3) is 0 Å². The lowest BCUT2D eigenvalue weighted by atomic mass is 9.88. The van der Waals surface area contributed by atoms with Crippen LogP contribution in [0.15, 0.2) is 121 Å². The lowest BCUT2D eigenvalue weighted by Crippen LogP contribution is -2.45. The average Bonchev–Trinajstić information content (AvgIpc) is 3.16. The Morgan fingerprint density at radius 2 is 0.820 bits per heavy atom. The van der Waals surface area contributed by atoms with Crippen LogP contribution in [0.4, 0.5) is 0 Å². The van der Waals surface area contributed by atoms with Crippen molar-refractivity contribution in [2.75, 3.05) is 14.1 Å². The van der Waals surface area contributed by atoms with Crippen molar-refractivity contribution >= 4 is 11.6 Å². The van der Waals surface area contributed by atoms with E-state index in [2.05, 4.69) is 23.9 Å². The van der Waals surface area contributed by atoms with Crippen molar-refractivity contribution < 1.29 is 19.8 Å². The van der Waals surface area contributed by atoms with Gasteiger partial charge in [-0.05, 0) is 63.7 Å². The Bertz CT molecular complexity index is 1460. The highest BCUT2D eigenvalue weighted by atomic mass is 16.3. The molecule has 2 fully saturated rings. The molecule has 0 aromatic heterocycles. The number of carbonyl (C=O) groups excluding carboxylic acids is 2. The molecule has 0 unspecified atom stereocenters. The predicted octanol–water partition coefficient (Wildman–Crippen LogP) is 8.47. The van der Waals surface area contributed by atoms with E-state index in [1.54, 1.807) is 0 Å². The summed E-state index contributed by atoms with van der Waals surface area (Å²) in [5.74, 6) is 0.420. The molecular formula is C44H54N2O4. The fourth-order valence-corrected chi connectivity index (χ4v) is 7.70. The molecule has 0 amide bonds. The van der Waals surface area contributed by atoms with Crippen molar-refractivity contribution in [3.8, 4) is 0 Å². The summed E-state index contributed by atoms with van der Waals surface area (Å²) in [6, 6.07) is 39.9. The van der Waals surface area contributed by atoms with E-state index in [4.69, 9.17) is 0 Å². The number of hydrogen-bond acceptors (Lipinski definition) is 6. The SMILES string of the molecule is CN1[C@@H](CC(=O)c2ccccc2)CCC[C@H]1C[C@H](O)c1ccccc1.CN1[C@@H](CC(=O)c2ccccc2)CCC[C@H]1C[C@H](O)c1ccccc1. The molecule has 0 saturated carbocycles. The van der Waals surface area contributed by atoms with Gasteiger partial charge in [-0.2, -0.15) is 0 Å². The van der Waals surface area contributed by atoms with Crippen LogP contribution in [0.2, 0.25) is 0 Å². The lowest BCUT2D eigenvalue weighted by Gasteiger charge is -2.40. The van der Waals surface area contributed by atoms with E-state index in [-0.39, 0.29) is 23.7 Å². The van der Waals surface area contributed by atoms with Gasteiger partial charge < -0.3 is 10.2 Å². The Labute approximate surface area is 298 Å². The van der Waals surface area contributed by atoms with Gasteiger partial charge >= 0.3 is 0 Å². The molecule has 264 valence electrons. The number of Topliss-reactive ketones (excluding diaryl/α,β-unsaturated/α-hetero) is 2. The highest BCUT2D eigenvalue weighted by molar-refractivity contribution is 5.96. The molecule has 6 nitrogen and oxygen atoms in total. The minimum Gasteiger partial charge on any atom is -0.388 e. The molecule has 0 bridgehead atoms. The Balaban J connectivity index is 0.000000194. The molecule has 0 radical (unpaired) electrons. The molecule has 2 heterocycles. The van der Waals surface area contributed by atoms with Crippen LogP contribution in [0.5, 0.6) is 0 Å². The van der Waals surface area contributed by atoms with Crippen molar-refractivity contribution in [1.82, 2.24) is 9.80 Å². The van der Waals surface area contributed by atoms with Gasteiger partial charge in [0.1, 0.15) is 0 Å². The number of piperidine rings is 2. The van der Waals surface area contributed by atoms with Crippen LogP contribution < -0.4 is 0 Å². The number of hydrogen-bond donors (Lipinski definition) is 2. The maximum atomic E-state index is 12.5. The van der Waals surface area contributed by atoms with Crippen LogP contribution in [0.1, 0.15) is 108 Å². The molecule has 50 heavy (non-hydrogen) atoms. The maximum absolute atomic E-state index is 12.5. The number of ketones is 2. The second kappa shape index (κ2) is 18.9. The summed E-state index contributed by atoms with van der Waals surface area (Å²) in [6.07, 6.45) is 8.14. The Morgan fingerprint density at radius 3 is 1.16 bits per heavy atom. The zero-order valence-electron chi connectivity index (χ0n) is 29.7. The topological polar surface area (TPSA) is 81.1 Å². The highest BCUT2D eigenvalue weighted by Gasteiger charge is 2.32. The standard InChI is InChI=1S/2C22H27NO2/c2*1-23-19(15-21(24)17-9-4-2-5-10-17)13-8-14-20(23)16-22(25)18-11-6-3-7-12-18/h2*2-7,9-12,19-21,24H,8,13-16H2,1H3/t2*19-,20+,21-/m00/s1. The van der Waals surface area contributed by atoms with Crippen LogP contribution in [0.25, 0.3) is 0 Å². The minimum atomic E-state index is -0.447. The molecule has 2 N–H and O–H groups in total. The van der Waals surface area contributed by atoms with E-state index in [1.807, 2.05) is 121 Å². The second-order valence-electron chi connectivity index (χ2n) is 14.1. The number of aliphatic hydroxyl groups excluding tert-OH is 2. The molecule has 2 aliphatic heterocycles. The smallest absolute Gasteiger partial charge is 0.164 e. The van der Waals surface area contributed by atoms with E-state index < -0.39 is 12.2 Å². The molecular weight excluding hydrogens is 620 g/mol. The second-order valence-corrected chi connectivity index (χ2v) is 14.1. The quantitative estimate of drug-likeness (QED) is 0.147. The number of rotatable bonds is 12. The largest absolute Gasteiger partial charge is 0.388 e. The maximum Gasteiger partial charge on any atom is 0.164 e. The molecule has 4 aromatic carbocycles. The molecule has 6 rings (SSSR count). The van der Waals surface area contributed by atoms with E-state index in [0.717, 1.165) is 73.6 Å². The molecule has 6 heteroatoms. The normalized spacial score (nSPS) is 22.5. The number of carbonyl (C=O) groups is 2. The summed E-state index contributed by atoms with van der Waals surface area (Å²) in [5.41, 5.74) is 3.53. The molecule has 0 spiro atoms. The lowest BCUT2D eigenvalue weighted by molar-refractivity contribution is 0.0543. The number of benzene rings is 4. The van der Waals surface area contributed by atoms with Gasteiger partial charge in [0.15, 0.2) is 11.6 Å². The van der Waals surface area contributed by atoms with Crippen molar-refractivity contribution in [3.05, 3.63) is 144 Å². The zero-order chi connectivity index (χ0) is 35.3. The van der Waals surface area contributed by atoms with Crippen molar-refractivity contribution in [1.29, 1.82) is 0 Å². The third-order valence-electron chi connectivity index (χ3n) is 10.8. The van der Waals surface area contributed by atoms with Crippen LogP contribution in [0.3, 0.4) is 0 Å². The molecule has 2 aliphatic rings. The van der Waals surface area contributed by atoms with Gasteiger partial charge in [0, 0.05) is 48.1 Å². The van der Waals surface area contributed by atoms with E-state index in [1.165, 1.54) is 0 Å². The van der Waals surface area contributed by atoms with Gasteiger partial charge in [-0.25, -0.2) is 0 Å². The van der Waals surface area contributed by atoms with Gasteiger partial charge in [-0.3, -0.25) is 19.4 Å². The van der Waals surface area contributed by atoms with Gasteiger partial charge in [-0.1, -0.05) is 134 Å². The first-order valence-corrected chi connectivity index (χ1v) is 18.4. The minimum absolute atomic E-state index is 0.210. The van der Waals surface area contributed by atoms with Crippen LogP contribution in [-0.2, 0) is 0 Å². The first-order valence-electron chi connectivity index (χ1n) is 18.4. The van der Waals surface area contributed by atoms with Gasteiger partial charge in [0.2, 0.25) is 0 Å². The Kier molecular flexibility index (Phi) is 14.1. The summed E-state index contributed by atoms with van der Waals surface area (Å²) >= 11 is 0. The van der Waals surface area contributed by atoms with E-state index >= 15 is 0 Å². The summed E-state index contributed by atoms with van der Waals surface area (Å²) in [5, 5.41) is 21.1. The zero-order valence-corrected chi connectivity index (χ0v) is 29.7. The first-order chi connectivity index (χ1) is 24.3. The summed E-state index contributed by atoms with van der Waals surface area (Å²) in [7, 11) is 4.20. The summed E-state index contributed by atoms with van der Waals surface area (Å²) in [4.78, 5) is 29.7. The summed E-state index contributed by atoms with van der Waals surface area (Å²) in [6.45, 7) is 0. The number of nitrogens with zero attached hydrogens (tertiary/aromatic N) is 2. The number of aliphatic hydroxyl groups is 2. The third kappa shape index (κ3) is 10.5. The van der Waals surface area contributed by atoms with Crippen LogP contribution >= 0.6 is 0 Å². The van der Waals surface area contributed by atoms with Gasteiger partial charge in [0.05, 0.1) is 12.2 Å². The van der Waals surface area contributed by atoms with Crippen LogP contribution in [0, 0.1) is 0 Å². The average molecular weight is 675 g/mol. The molecule has 2 saturated heterocycles. The monoisotopic (exact) mass is 674 g/mol. The Morgan fingerprint density at radius 1 is 0.520 bits per heavy atom. The van der Waals surface area contributed by atoms with E-state index in [9.17, 15) is 19.8 Å². The fourth-order valence-electron chi connectivity index (χ4n) is 7.70. The fraction of sp³-hybridized carbons (Fsp3) is 0.409.